The van der Waals surface area contributed by atoms with Gasteiger partial charge >= 0.3 is 0 Å². The maximum absolute atomic E-state index is 5.34. The highest BCUT2D eigenvalue weighted by Crippen LogP contribution is 2.19. The van der Waals surface area contributed by atoms with Crippen LogP contribution in [0.25, 0.3) is 11.4 Å². The minimum Gasteiger partial charge on any atom is -0.378 e. The molecule has 0 radical (unpaired) electrons. The molecule has 4 heteroatoms. The molecule has 1 aliphatic heterocycles. The molecule has 0 spiro atoms. The normalized spacial score (nSPS) is 16.1. The Morgan fingerprint density at radius 3 is 2.65 bits per heavy atom. The predicted octanol–water partition coefficient (Wildman–Crippen LogP) is 1.91. The zero-order chi connectivity index (χ0) is 11.5. The molecule has 1 saturated heterocycles. The van der Waals surface area contributed by atoms with Gasteiger partial charge in [0.15, 0.2) is 0 Å². The average Bonchev–Trinajstić information content (AvgIpc) is 2.90. The summed E-state index contributed by atoms with van der Waals surface area (Å²) in [6.45, 7) is 3.44. The van der Waals surface area contributed by atoms with E-state index in [1.807, 2.05) is 24.4 Å². The molecule has 1 fully saturated rings. The Hall–Kier alpha value is -1.81. The predicted molar refractivity (Wildman–Crippen MR) is 67.1 cm³/mol. The van der Waals surface area contributed by atoms with Gasteiger partial charge in [0.25, 0.3) is 0 Å². The quantitative estimate of drug-likeness (QED) is 0.855. The number of benzene rings is 1. The molecule has 88 valence electrons. The molecule has 3 rings (SSSR count). The summed E-state index contributed by atoms with van der Waals surface area (Å²) in [4.78, 5) is 10.0. The van der Waals surface area contributed by atoms with Crippen LogP contribution in [0, 0.1) is 0 Å². The van der Waals surface area contributed by atoms with Crippen LogP contribution >= 0.6 is 0 Å². The van der Waals surface area contributed by atoms with Crippen LogP contribution in [-0.4, -0.2) is 36.3 Å². The fraction of sp³-hybridized carbons (Fsp3) is 0.308. The van der Waals surface area contributed by atoms with Gasteiger partial charge in [-0.15, -0.1) is 0 Å². The van der Waals surface area contributed by atoms with E-state index in [9.17, 15) is 0 Å². The van der Waals surface area contributed by atoms with Crippen LogP contribution in [-0.2, 0) is 4.74 Å². The van der Waals surface area contributed by atoms with E-state index in [1.165, 1.54) is 0 Å². The molecule has 1 N–H and O–H groups in total. The number of rotatable bonds is 2. The highest BCUT2D eigenvalue weighted by molar-refractivity contribution is 5.58. The van der Waals surface area contributed by atoms with E-state index >= 15 is 0 Å². The lowest BCUT2D eigenvalue weighted by atomic mass is 10.2. The van der Waals surface area contributed by atoms with Crippen molar-refractivity contribution in [2.45, 2.75) is 0 Å². The van der Waals surface area contributed by atoms with E-state index in [0.29, 0.717) is 0 Å². The first-order valence-corrected chi connectivity index (χ1v) is 5.86. The monoisotopic (exact) mass is 229 g/mol. The van der Waals surface area contributed by atoms with Gasteiger partial charge < -0.3 is 14.6 Å². The van der Waals surface area contributed by atoms with Crippen molar-refractivity contribution in [2.75, 3.05) is 31.2 Å². The Morgan fingerprint density at radius 2 is 1.88 bits per heavy atom. The summed E-state index contributed by atoms with van der Waals surface area (Å²) in [6.07, 6.45) is 1.90. The Bertz CT molecular complexity index is 474. The fourth-order valence-electron chi connectivity index (χ4n) is 2.02. The van der Waals surface area contributed by atoms with Crippen LogP contribution in [0.4, 0.5) is 5.82 Å². The van der Waals surface area contributed by atoms with E-state index < -0.39 is 0 Å². The molecule has 0 atom stereocenters. The van der Waals surface area contributed by atoms with Gasteiger partial charge in [0.05, 0.1) is 19.4 Å². The van der Waals surface area contributed by atoms with E-state index in [4.69, 9.17) is 4.74 Å². The lowest BCUT2D eigenvalue weighted by Crippen LogP contribution is -2.36. The van der Waals surface area contributed by atoms with Crippen molar-refractivity contribution in [2.24, 2.45) is 0 Å². The lowest BCUT2D eigenvalue weighted by molar-refractivity contribution is 0.122. The maximum Gasteiger partial charge on any atom is 0.138 e. The number of anilines is 1. The Balaban J connectivity index is 1.83. The Kier molecular flexibility index (Phi) is 2.80. The van der Waals surface area contributed by atoms with Crippen molar-refractivity contribution >= 4 is 5.82 Å². The fourth-order valence-corrected chi connectivity index (χ4v) is 2.02. The number of hydrogen-bond donors (Lipinski definition) is 1. The summed E-state index contributed by atoms with van der Waals surface area (Å²) < 4.78 is 5.34. The second kappa shape index (κ2) is 4.59. The van der Waals surface area contributed by atoms with Crippen LogP contribution in [0.1, 0.15) is 0 Å². The summed E-state index contributed by atoms with van der Waals surface area (Å²) in [6, 6.07) is 10.2. The summed E-state index contributed by atoms with van der Waals surface area (Å²) in [5.74, 6) is 2.00. The van der Waals surface area contributed by atoms with Crippen molar-refractivity contribution in [3.63, 3.8) is 0 Å². The standard InChI is InChI=1S/C13H15N3O/c1-2-4-11(5-3-1)13-14-10-12(15-13)16-6-8-17-9-7-16/h1-5,10H,6-9H2,(H,14,15). The molecule has 0 aliphatic carbocycles. The van der Waals surface area contributed by atoms with Gasteiger partial charge in [-0.05, 0) is 0 Å². The molecule has 0 bridgehead atoms. The number of morpholine rings is 1. The topological polar surface area (TPSA) is 41.2 Å². The van der Waals surface area contributed by atoms with E-state index in [1.54, 1.807) is 0 Å². The largest absolute Gasteiger partial charge is 0.378 e. The number of aromatic amines is 1. The lowest BCUT2D eigenvalue weighted by Gasteiger charge is -2.26. The van der Waals surface area contributed by atoms with Crippen LogP contribution in [0.15, 0.2) is 36.5 Å². The van der Waals surface area contributed by atoms with Crippen LogP contribution in [0.2, 0.25) is 0 Å². The van der Waals surface area contributed by atoms with Gasteiger partial charge in [0.1, 0.15) is 11.6 Å². The van der Waals surface area contributed by atoms with Gasteiger partial charge in [0, 0.05) is 18.7 Å². The van der Waals surface area contributed by atoms with Crippen LogP contribution in [0.5, 0.6) is 0 Å². The third-order valence-corrected chi connectivity index (χ3v) is 2.96. The molecule has 1 aromatic heterocycles. The van der Waals surface area contributed by atoms with E-state index in [-0.39, 0.29) is 0 Å². The zero-order valence-electron chi connectivity index (χ0n) is 9.60. The number of aromatic nitrogens is 2. The third kappa shape index (κ3) is 2.17. The molecule has 1 aliphatic rings. The SMILES string of the molecule is c1ccc(-c2ncc(N3CCOCC3)[nH]2)cc1. The van der Waals surface area contributed by atoms with Crippen LogP contribution < -0.4 is 4.90 Å². The first kappa shape index (κ1) is 10.4. The summed E-state index contributed by atoms with van der Waals surface area (Å²) in [5, 5.41) is 0. The van der Waals surface area contributed by atoms with Gasteiger partial charge in [-0.3, -0.25) is 0 Å². The molecular weight excluding hydrogens is 214 g/mol. The molecule has 0 amide bonds. The zero-order valence-corrected chi connectivity index (χ0v) is 9.60. The number of ether oxygens (including phenoxy) is 1. The minimum atomic E-state index is 0.791. The summed E-state index contributed by atoms with van der Waals surface area (Å²) >= 11 is 0. The van der Waals surface area contributed by atoms with Crippen molar-refractivity contribution < 1.29 is 4.74 Å². The highest BCUT2D eigenvalue weighted by atomic mass is 16.5. The molecule has 1 aromatic carbocycles. The van der Waals surface area contributed by atoms with Gasteiger partial charge in [-0.2, -0.15) is 0 Å². The van der Waals surface area contributed by atoms with Gasteiger partial charge in [-0.25, -0.2) is 4.98 Å². The second-order valence-electron chi connectivity index (χ2n) is 4.08. The molecule has 0 unspecified atom stereocenters. The molecule has 0 saturated carbocycles. The molecular formula is C13H15N3O. The molecule has 2 aromatic rings. The Morgan fingerprint density at radius 1 is 1.12 bits per heavy atom. The van der Waals surface area contributed by atoms with E-state index in [2.05, 4.69) is 27.0 Å². The molecule has 4 nitrogen and oxygen atoms in total. The minimum absolute atomic E-state index is 0.791. The summed E-state index contributed by atoms with van der Waals surface area (Å²) in [5.41, 5.74) is 1.12. The summed E-state index contributed by atoms with van der Waals surface area (Å²) in [7, 11) is 0. The maximum atomic E-state index is 5.34. The highest BCUT2D eigenvalue weighted by Gasteiger charge is 2.13. The number of hydrogen-bond acceptors (Lipinski definition) is 3. The van der Waals surface area contributed by atoms with Crippen molar-refractivity contribution in [3.8, 4) is 11.4 Å². The van der Waals surface area contributed by atoms with E-state index in [0.717, 1.165) is 43.5 Å². The van der Waals surface area contributed by atoms with Gasteiger partial charge in [0.2, 0.25) is 0 Å². The molecule has 2 heterocycles. The van der Waals surface area contributed by atoms with Crippen molar-refractivity contribution in [3.05, 3.63) is 36.5 Å². The number of nitrogens with one attached hydrogen (secondary N) is 1. The smallest absolute Gasteiger partial charge is 0.138 e. The number of H-pyrrole nitrogens is 1. The second-order valence-corrected chi connectivity index (χ2v) is 4.08. The average molecular weight is 229 g/mol. The third-order valence-electron chi connectivity index (χ3n) is 2.96. The van der Waals surface area contributed by atoms with Crippen molar-refractivity contribution in [1.29, 1.82) is 0 Å². The van der Waals surface area contributed by atoms with Gasteiger partial charge in [-0.1, -0.05) is 30.3 Å². The first-order valence-electron chi connectivity index (χ1n) is 5.86. The first-order chi connectivity index (χ1) is 8.43. The number of nitrogens with zero attached hydrogens (tertiary/aromatic N) is 2. The number of imidazole rings is 1. The Labute approximate surface area is 100 Å². The van der Waals surface area contributed by atoms with Crippen LogP contribution in [0.3, 0.4) is 0 Å². The molecule has 17 heavy (non-hydrogen) atoms. The van der Waals surface area contributed by atoms with Crippen molar-refractivity contribution in [1.82, 2.24) is 9.97 Å².